The van der Waals surface area contributed by atoms with Gasteiger partial charge in [-0.05, 0) is 25.0 Å². The molecule has 0 radical (unpaired) electrons. The summed E-state index contributed by atoms with van der Waals surface area (Å²) in [7, 11) is 0. The second-order valence-electron chi connectivity index (χ2n) is 4.08. The first-order chi connectivity index (χ1) is 7.24. The quantitative estimate of drug-likeness (QED) is 0.757. The average Bonchev–Trinajstić information content (AvgIpc) is 2.97. The summed E-state index contributed by atoms with van der Waals surface area (Å²) in [5, 5.41) is 8.62. The Bertz CT molecular complexity index is 393. The normalized spacial score (nSPS) is 16.8. The number of benzene rings is 1. The average molecular weight is 205 g/mol. The van der Waals surface area contributed by atoms with Crippen molar-refractivity contribution in [3.05, 3.63) is 30.1 Å². The van der Waals surface area contributed by atoms with Gasteiger partial charge in [-0.3, -0.25) is 0 Å². The summed E-state index contributed by atoms with van der Waals surface area (Å²) in [6.45, 7) is 0.518. The predicted octanol–water partition coefficient (Wildman–Crippen LogP) is 2.90. The van der Waals surface area contributed by atoms with E-state index in [1.54, 1.807) is 12.1 Å². The molecule has 15 heavy (non-hydrogen) atoms. The summed E-state index contributed by atoms with van der Waals surface area (Å²) in [6, 6.07) is 8.26. The van der Waals surface area contributed by atoms with Gasteiger partial charge in [-0.1, -0.05) is 6.07 Å². The van der Waals surface area contributed by atoms with E-state index in [4.69, 9.17) is 10.00 Å². The Morgan fingerprint density at radius 1 is 1.47 bits per heavy atom. The molecule has 1 aromatic rings. The van der Waals surface area contributed by atoms with E-state index in [0.717, 1.165) is 12.8 Å². The number of nitrogens with zero attached hydrogens (tertiary/aromatic N) is 1. The number of nitriles is 1. The minimum atomic E-state index is -0.294. The predicted molar refractivity (Wildman–Crippen MR) is 53.8 cm³/mol. The lowest BCUT2D eigenvalue weighted by molar-refractivity contribution is 0.236. The van der Waals surface area contributed by atoms with Crippen molar-refractivity contribution in [2.24, 2.45) is 5.41 Å². The van der Waals surface area contributed by atoms with Crippen molar-refractivity contribution >= 4 is 0 Å². The lowest BCUT2D eigenvalue weighted by Crippen LogP contribution is -2.12. The Morgan fingerprint density at radius 2 is 2.27 bits per heavy atom. The van der Waals surface area contributed by atoms with Crippen LogP contribution in [0.3, 0.4) is 0 Å². The van der Waals surface area contributed by atoms with Gasteiger partial charge in [0.2, 0.25) is 0 Å². The molecule has 1 aliphatic rings. The fraction of sp³-hybridized carbons (Fsp3) is 0.417. The maximum atomic E-state index is 12.8. The molecule has 0 heterocycles. The van der Waals surface area contributed by atoms with Crippen LogP contribution in [0.5, 0.6) is 5.75 Å². The van der Waals surface area contributed by atoms with Gasteiger partial charge in [0.15, 0.2) is 0 Å². The summed E-state index contributed by atoms with van der Waals surface area (Å²) in [5.41, 5.74) is 0.0427. The van der Waals surface area contributed by atoms with Crippen LogP contribution >= 0.6 is 0 Å². The molecule has 1 aromatic carbocycles. The molecule has 2 rings (SSSR count). The monoisotopic (exact) mass is 205 g/mol. The summed E-state index contributed by atoms with van der Waals surface area (Å²) in [5.74, 6) is 0.247. The molecule has 1 aliphatic carbocycles. The van der Waals surface area contributed by atoms with E-state index in [-0.39, 0.29) is 11.2 Å². The van der Waals surface area contributed by atoms with Gasteiger partial charge in [0, 0.05) is 17.9 Å². The second-order valence-corrected chi connectivity index (χ2v) is 4.08. The highest BCUT2D eigenvalue weighted by molar-refractivity contribution is 5.22. The van der Waals surface area contributed by atoms with Gasteiger partial charge in [-0.25, -0.2) is 4.39 Å². The van der Waals surface area contributed by atoms with Crippen LogP contribution in [0, 0.1) is 22.6 Å². The van der Waals surface area contributed by atoms with Crippen molar-refractivity contribution in [2.75, 3.05) is 6.61 Å². The zero-order chi connectivity index (χ0) is 10.7. The Kier molecular flexibility index (Phi) is 2.59. The molecular weight excluding hydrogens is 193 g/mol. The van der Waals surface area contributed by atoms with Crippen molar-refractivity contribution < 1.29 is 9.13 Å². The summed E-state index contributed by atoms with van der Waals surface area (Å²) >= 11 is 0. The largest absolute Gasteiger partial charge is 0.493 e. The SMILES string of the molecule is N#CCC1(COc2cccc(F)c2)CC1. The number of ether oxygens (including phenoxy) is 1. The Balaban J connectivity index is 1.91. The number of hydrogen-bond acceptors (Lipinski definition) is 2. The summed E-state index contributed by atoms with van der Waals surface area (Å²) < 4.78 is 18.3. The van der Waals surface area contributed by atoms with Gasteiger partial charge >= 0.3 is 0 Å². The van der Waals surface area contributed by atoms with Crippen LogP contribution in [0.2, 0.25) is 0 Å². The maximum Gasteiger partial charge on any atom is 0.126 e. The van der Waals surface area contributed by atoms with E-state index in [1.165, 1.54) is 12.1 Å². The zero-order valence-electron chi connectivity index (χ0n) is 8.37. The first kappa shape index (κ1) is 9.97. The number of hydrogen-bond donors (Lipinski definition) is 0. The molecule has 0 amide bonds. The van der Waals surface area contributed by atoms with Crippen LogP contribution in [0.25, 0.3) is 0 Å². The van der Waals surface area contributed by atoms with E-state index in [0.29, 0.717) is 18.8 Å². The Labute approximate surface area is 88.3 Å². The lowest BCUT2D eigenvalue weighted by Gasteiger charge is -2.12. The van der Waals surface area contributed by atoms with Crippen LogP contribution < -0.4 is 4.74 Å². The molecular formula is C12H12FNO. The highest BCUT2D eigenvalue weighted by atomic mass is 19.1. The van der Waals surface area contributed by atoms with Crippen LogP contribution in [-0.2, 0) is 0 Å². The molecule has 0 unspecified atom stereocenters. The fourth-order valence-corrected chi connectivity index (χ4v) is 1.51. The van der Waals surface area contributed by atoms with Crippen molar-refractivity contribution in [1.82, 2.24) is 0 Å². The van der Waals surface area contributed by atoms with Gasteiger partial charge in [0.25, 0.3) is 0 Å². The van der Waals surface area contributed by atoms with E-state index in [2.05, 4.69) is 6.07 Å². The van der Waals surface area contributed by atoms with Crippen LogP contribution in [0.1, 0.15) is 19.3 Å². The molecule has 0 saturated heterocycles. The summed E-state index contributed by atoms with van der Waals surface area (Å²) in [4.78, 5) is 0. The molecule has 0 N–H and O–H groups in total. The molecule has 3 heteroatoms. The van der Waals surface area contributed by atoms with Crippen molar-refractivity contribution in [3.8, 4) is 11.8 Å². The van der Waals surface area contributed by atoms with E-state index >= 15 is 0 Å². The van der Waals surface area contributed by atoms with Crippen molar-refractivity contribution in [2.45, 2.75) is 19.3 Å². The van der Waals surface area contributed by atoms with E-state index < -0.39 is 0 Å². The topological polar surface area (TPSA) is 33.0 Å². The summed E-state index contributed by atoms with van der Waals surface area (Å²) in [6.07, 6.45) is 2.61. The minimum Gasteiger partial charge on any atom is -0.493 e. The first-order valence-electron chi connectivity index (χ1n) is 4.99. The van der Waals surface area contributed by atoms with Gasteiger partial charge < -0.3 is 4.74 Å². The van der Waals surface area contributed by atoms with Gasteiger partial charge in [-0.15, -0.1) is 0 Å². The first-order valence-corrected chi connectivity index (χ1v) is 4.99. The van der Waals surface area contributed by atoms with Crippen LogP contribution in [-0.4, -0.2) is 6.61 Å². The smallest absolute Gasteiger partial charge is 0.126 e. The molecule has 0 atom stereocenters. The number of halogens is 1. The van der Waals surface area contributed by atoms with Gasteiger partial charge in [0.05, 0.1) is 12.7 Å². The second kappa shape index (κ2) is 3.90. The molecule has 0 aromatic heterocycles. The molecule has 0 aliphatic heterocycles. The molecule has 1 saturated carbocycles. The third-order valence-electron chi connectivity index (χ3n) is 2.75. The van der Waals surface area contributed by atoms with E-state index in [9.17, 15) is 4.39 Å². The maximum absolute atomic E-state index is 12.8. The van der Waals surface area contributed by atoms with Crippen molar-refractivity contribution in [3.63, 3.8) is 0 Å². The molecule has 0 bridgehead atoms. The highest BCUT2D eigenvalue weighted by Gasteiger charge is 2.43. The van der Waals surface area contributed by atoms with Crippen molar-refractivity contribution in [1.29, 1.82) is 5.26 Å². The third-order valence-corrected chi connectivity index (χ3v) is 2.75. The minimum absolute atomic E-state index is 0.0427. The Hall–Kier alpha value is -1.56. The third kappa shape index (κ3) is 2.47. The Morgan fingerprint density at radius 3 is 2.87 bits per heavy atom. The molecule has 78 valence electrons. The van der Waals surface area contributed by atoms with Crippen LogP contribution in [0.15, 0.2) is 24.3 Å². The van der Waals surface area contributed by atoms with Crippen LogP contribution in [0.4, 0.5) is 4.39 Å². The van der Waals surface area contributed by atoms with Gasteiger partial charge in [-0.2, -0.15) is 5.26 Å². The number of rotatable bonds is 4. The molecule has 2 nitrogen and oxygen atoms in total. The van der Waals surface area contributed by atoms with Gasteiger partial charge in [0.1, 0.15) is 11.6 Å². The van der Waals surface area contributed by atoms with E-state index in [1.807, 2.05) is 0 Å². The zero-order valence-corrected chi connectivity index (χ0v) is 8.37. The standard InChI is InChI=1S/C12H12FNO/c13-10-2-1-3-11(8-10)15-9-12(4-5-12)6-7-14/h1-3,8H,4-6,9H2. The fourth-order valence-electron chi connectivity index (χ4n) is 1.51. The molecule has 0 spiro atoms. The lowest BCUT2D eigenvalue weighted by atomic mass is 10.1. The highest BCUT2D eigenvalue weighted by Crippen LogP contribution is 2.48. The molecule has 1 fully saturated rings.